The van der Waals surface area contributed by atoms with Crippen molar-refractivity contribution in [1.29, 1.82) is 0 Å². The van der Waals surface area contributed by atoms with Crippen LogP contribution in [0.4, 0.5) is 10.5 Å². The van der Waals surface area contributed by atoms with Crippen molar-refractivity contribution in [2.24, 2.45) is 0 Å². The van der Waals surface area contributed by atoms with Crippen LogP contribution in [0.5, 0.6) is 0 Å². The van der Waals surface area contributed by atoms with Crippen molar-refractivity contribution < 1.29 is 14.4 Å². The number of amides is 3. The second kappa shape index (κ2) is 8.54. The number of hydrogen-bond donors (Lipinski definition) is 2. The lowest BCUT2D eigenvalue weighted by molar-refractivity contribution is -0.125. The molecule has 0 bridgehead atoms. The number of rotatable bonds is 6. The van der Waals surface area contributed by atoms with Crippen molar-refractivity contribution in [2.45, 2.75) is 19.5 Å². The third kappa shape index (κ3) is 4.09. The second-order valence-electron chi connectivity index (χ2n) is 6.60. The molecular weight excluding hydrogens is 442 g/mol. The molecule has 0 aliphatic carbocycles. The summed E-state index contributed by atoms with van der Waals surface area (Å²) in [5, 5.41) is 11.6. The molecule has 0 radical (unpaired) electrons. The fourth-order valence-corrected chi connectivity index (χ4v) is 4.74. The number of nitrogens with one attached hydrogen (secondary N) is 2. The van der Waals surface area contributed by atoms with Crippen molar-refractivity contribution >= 4 is 58.1 Å². The van der Waals surface area contributed by atoms with Gasteiger partial charge in [0, 0.05) is 5.69 Å². The summed E-state index contributed by atoms with van der Waals surface area (Å²) >= 11 is 7.85. The second-order valence-corrected chi connectivity index (χ2v) is 8.86. The van der Waals surface area contributed by atoms with Gasteiger partial charge < -0.3 is 5.32 Å². The Bertz CT molecular complexity index is 1140. The van der Waals surface area contributed by atoms with Gasteiger partial charge in [0.25, 0.3) is 5.24 Å². The number of anilines is 1. The maximum absolute atomic E-state index is 12.8. The average molecular weight is 460 g/mol. The predicted molar refractivity (Wildman–Crippen MR) is 119 cm³/mol. The molecular formula is C19H17N5O3S3. The molecule has 2 N–H and O–H groups in total. The van der Waals surface area contributed by atoms with E-state index in [1.807, 2.05) is 17.5 Å². The van der Waals surface area contributed by atoms with E-state index in [9.17, 15) is 14.4 Å². The van der Waals surface area contributed by atoms with E-state index in [1.54, 1.807) is 35.8 Å². The molecule has 154 valence electrons. The number of imide groups is 1. The quantitative estimate of drug-likeness (QED) is 0.539. The van der Waals surface area contributed by atoms with E-state index >= 15 is 0 Å². The van der Waals surface area contributed by atoms with Gasteiger partial charge in [-0.3, -0.25) is 28.9 Å². The molecule has 2 aromatic heterocycles. The Balaban J connectivity index is 1.46. The molecule has 1 fully saturated rings. The number of carbonyl (C=O) groups is 3. The van der Waals surface area contributed by atoms with Gasteiger partial charge in [0.2, 0.25) is 11.8 Å². The lowest BCUT2D eigenvalue weighted by atomic mass is 10.2. The van der Waals surface area contributed by atoms with Crippen LogP contribution in [-0.2, 0) is 16.1 Å². The Morgan fingerprint density at radius 3 is 2.70 bits per heavy atom. The van der Waals surface area contributed by atoms with Crippen LogP contribution < -0.4 is 5.32 Å². The van der Waals surface area contributed by atoms with Gasteiger partial charge in [-0.1, -0.05) is 30.0 Å². The Labute approximate surface area is 185 Å². The lowest BCUT2D eigenvalue weighted by Crippen LogP contribution is -2.27. The van der Waals surface area contributed by atoms with E-state index in [0.717, 1.165) is 22.2 Å². The van der Waals surface area contributed by atoms with Gasteiger partial charge in [0.1, 0.15) is 6.04 Å². The summed E-state index contributed by atoms with van der Waals surface area (Å²) in [6, 6.07) is 10.3. The number of aromatic amines is 1. The summed E-state index contributed by atoms with van der Waals surface area (Å²) < 4.78 is 2.06. The average Bonchev–Trinajstić information content (AvgIpc) is 3.46. The monoisotopic (exact) mass is 459 g/mol. The SMILES string of the molecule is CC(C(=O)Nc1ccc(CN2C(=O)CSC2=O)cc1)n1c(-c2cccs2)n[nH]c1=S. The molecule has 30 heavy (non-hydrogen) atoms. The fraction of sp³-hybridized carbons (Fsp3) is 0.211. The molecule has 3 amide bonds. The Morgan fingerprint density at radius 1 is 1.30 bits per heavy atom. The first-order chi connectivity index (χ1) is 14.4. The lowest BCUT2D eigenvalue weighted by Gasteiger charge is -2.16. The van der Waals surface area contributed by atoms with Crippen molar-refractivity contribution in [3.05, 3.63) is 52.1 Å². The summed E-state index contributed by atoms with van der Waals surface area (Å²) in [6.45, 7) is 1.98. The van der Waals surface area contributed by atoms with E-state index in [-0.39, 0.29) is 29.4 Å². The maximum atomic E-state index is 12.8. The smallest absolute Gasteiger partial charge is 0.289 e. The number of hydrogen-bond acceptors (Lipinski definition) is 7. The molecule has 3 aromatic rings. The van der Waals surface area contributed by atoms with Crippen LogP contribution in [0.25, 0.3) is 10.7 Å². The van der Waals surface area contributed by atoms with Crippen molar-refractivity contribution in [3.8, 4) is 10.7 Å². The fourth-order valence-electron chi connectivity index (χ4n) is 3.02. The van der Waals surface area contributed by atoms with E-state index in [2.05, 4.69) is 15.5 Å². The summed E-state index contributed by atoms with van der Waals surface area (Å²) in [4.78, 5) is 38.4. The van der Waals surface area contributed by atoms with Crippen LogP contribution in [0.1, 0.15) is 18.5 Å². The first kappa shape index (κ1) is 20.5. The van der Waals surface area contributed by atoms with E-state index in [4.69, 9.17) is 12.2 Å². The highest BCUT2D eigenvalue weighted by molar-refractivity contribution is 8.14. The van der Waals surface area contributed by atoms with Gasteiger partial charge in [-0.25, -0.2) is 0 Å². The maximum Gasteiger partial charge on any atom is 0.289 e. The molecule has 4 rings (SSSR count). The molecule has 11 heteroatoms. The summed E-state index contributed by atoms with van der Waals surface area (Å²) in [5.74, 6) is 0.384. The minimum absolute atomic E-state index is 0.186. The molecule has 1 atom stereocenters. The summed E-state index contributed by atoms with van der Waals surface area (Å²) in [7, 11) is 0. The number of thioether (sulfide) groups is 1. The topological polar surface area (TPSA) is 100 Å². The number of thiophene rings is 1. The van der Waals surface area contributed by atoms with Crippen LogP contribution in [0, 0.1) is 4.77 Å². The third-order valence-electron chi connectivity index (χ3n) is 4.62. The van der Waals surface area contributed by atoms with Crippen LogP contribution in [0.2, 0.25) is 0 Å². The van der Waals surface area contributed by atoms with E-state index in [1.165, 1.54) is 16.2 Å². The zero-order valence-electron chi connectivity index (χ0n) is 15.8. The minimum Gasteiger partial charge on any atom is -0.324 e. The van der Waals surface area contributed by atoms with Gasteiger partial charge in [0.15, 0.2) is 10.6 Å². The summed E-state index contributed by atoms with van der Waals surface area (Å²) in [5.41, 5.74) is 1.42. The molecule has 1 aromatic carbocycles. The highest BCUT2D eigenvalue weighted by atomic mass is 32.2. The van der Waals surface area contributed by atoms with Gasteiger partial charge in [0.05, 0.1) is 17.2 Å². The van der Waals surface area contributed by atoms with Crippen LogP contribution in [0.15, 0.2) is 41.8 Å². The number of H-pyrrole nitrogens is 1. The van der Waals surface area contributed by atoms with E-state index in [0.29, 0.717) is 16.3 Å². The number of carbonyl (C=O) groups excluding carboxylic acids is 3. The standard InChI is InChI=1S/C19H17N5O3S3/c1-11(24-16(21-22-18(24)28)14-3-2-8-29-14)17(26)20-13-6-4-12(5-7-13)9-23-15(25)10-30-19(23)27/h2-8,11H,9-10H2,1H3,(H,20,26)(H,22,28). The molecule has 0 spiro atoms. The van der Waals surface area contributed by atoms with Gasteiger partial charge in [-0.15, -0.1) is 11.3 Å². The Hall–Kier alpha value is -2.76. The zero-order chi connectivity index (χ0) is 21.3. The molecule has 1 unspecified atom stereocenters. The van der Waals surface area contributed by atoms with Crippen molar-refractivity contribution in [2.75, 3.05) is 11.1 Å². The van der Waals surface area contributed by atoms with Crippen LogP contribution in [0.3, 0.4) is 0 Å². The Morgan fingerprint density at radius 2 is 2.07 bits per heavy atom. The Kier molecular flexibility index (Phi) is 5.84. The molecule has 3 heterocycles. The van der Waals surface area contributed by atoms with Crippen molar-refractivity contribution in [1.82, 2.24) is 19.7 Å². The zero-order valence-corrected chi connectivity index (χ0v) is 18.3. The van der Waals surface area contributed by atoms with Crippen molar-refractivity contribution in [3.63, 3.8) is 0 Å². The molecule has 1 saturated heterocycles. The minimum atomic E-state index is -0.579. The number of benzene rings is 1. The first-order valence-corrected chi connectivity index (χ1v) is 11.3. The normalized spacial score (nSPS) is 14.9. The predicted octanol–water partition coefficient (Wildman–Crippen LogP) is 4.06. The molecule has 1 aliphatic rings. The van der Waals surface area contributed by atoms with Crippen LogP contribution >= 0.6 is 35.3 Å². The van der Waals surface area contributed by atoms with Crippen LogP contribution in [-0.4, -0.2) is 42.5 Å². The van der Waals surface area contributed by atoms with Gasteiger partial charge in [-0.2, -0.15) is 5.10 Å². The molecule has 1 aliphatic heterocycles. The highest BCUT2D eigenvalue weighted by Gasteiger charge is 2.29. The largest absolute Gasteiger partial charge is 0.324 e. The molecule has 0 saturated carbocycles. The van der Waals surface area contributed by atoms with Gasteiger partial charge in [-0.05, 0) is 48.3 Å². The summed E-state index contributed by atoms with van der Waals surface area (Å²) in [6.07, 6.45) is 0. The van der Waals surface area contributed by atoms with Gasteiger partial charge >= 0.3 is 0 Å². The number of aromatic nitrogens is 3. The van der Waals surface area contributed by atoms with E-state index < -0.39 is 6.04 Å². The third-order valence-corrected chi connectivity index (χ3v) is 6.63. The molecule has 8 nitrogen and oxygen atoms in total. The first-order valence-electron chi connectivity index (χ1n) is 9.02. The highest BCUT2D eigenvalue weighted by Crippen LogP contribution is 2.26. The number of nitrogens with zero attached hydrogens (tertiary/aromatic N) is 3.